The summed E-state index contributed by atoms with van der Waals surface area (Å²) in [5.74, 6) is 0. The average molecular weight is 897 g/mol. The molecule has 0 N–H and O–H groups in total. The van der Waals surface area contributed by atoms with Crippen molar-refractivity contribution in [1.82, 2.24) is 39.9 Å². The molecule has 7 heterocycles. The second-order valence-corrected chi connectivity index (χ2v) is 16.8. The van der Waals surface area contributed by atoms with Crippen molar-refractivity contribution < 1.29 is 0 Å². The van der Waals surface area contributed by atoms with Crippen LogP contribution in [0.2, 0.25) is 0 Å². The first-order valence-electron chi connectivity index (χ1n) is 23.1. The molecule has 7 aromatic heterocycles. The number of aromatic nitrogens is 8. The average Bonchev–Trinajstić information content (AvgIpc) is 3.45. The minimum absolute atomic E-state index is 0.777. The maximum Gasteiger partial charge on any atom is 0.0979 e. The first kappa shape index (κ1) is 41.7. The van der Waals surface area contributed by atoms with Crippen LogP contribution in [-0.4, -0.2) is 39.9 Å². The van der Waals surface area contributed by atoms with Crippen LogP contribution in [0.5, 0.6) is 0 Å². The van der Waals surface area contributed by atoms with E-state index in [-0.39, 0.29) is 0 Å². The molecule has 0 aliphatic carbocycles. The minimum Gasteiger partial charge on any atom is -0.255 e. The van der Waals surface area contributed by atoms with Gasteiger partial charge in [0.1, 0.15) is 0 Å². The summed E-state index contributed by atoms with van der Waals surface area (Å²) in [6.45, 7) is 0. The van der Waals surface area contributed by atoms with Gasteiger partial charge in [0.15, 0.2) is 0 Å². The zero-order valence-electron chi connectivity index (χ0n) is 37.7. The van der Waals surface area contributed by atoms with Crippen LogP contribution >= 0.6 is 0 Å². The van der Waals surface area contributed by atoms with Gasteiger partial charge in [0.2, 0.25) is 0 Å². The van der Waals surface area contributed by atoms with Gasteiger partial charge in [-0.15, -0.1) is 0 Å². The maximum atomic E-state index is 5.59. The van der Waals surface area contributed by atoms with Crippen molar-refractivity contribution in [3.8, 4) is 113 Å². The fourth-order valence-electron chi connectivity index (χ4n) is 8.86. The van der Waals surface area contributed by atoms with Crippen molar-refractivity contribution in [3.05, 3.63) is 243 Å². The fourth-order valence-corrected chi connectivity index (χ4v) is 8.86. The van der Waals surface area contributed by atoms with Gasteiger partial charge in [-0.3, -0.25) is 19.9 Å². The summed E-state index contributed by atoms with van der Waals surface area (Å²) in [6, 6.07) is 74.2. The largest absolute Gasteiger partial charge is 0.255 e. The van der Waals surface area contributed by atoms with Crippen LogP contribution in [-0.2, 0) is 0 Å². The molecule has 0 saturated carbocycles. The summed E-state index contributed by atoms with van der Waals surface area (Å²) < 4.78 is 0. The Kier molecular flexibility index (Phi) is 11.1. The van der Waals surface area contributed by atoms with Gasteiger partial charge in [-0.1, -0.05) is 146 Å². The predicted octanol–water partition coefficient (Wildman–Crippen LogP) is 14.7. The number of fused-ring (bicyclic) bond motifs is 1. The molecular weight excluding hydrogens is 857 g/mol. The second kappa shape index (κ2) is 18.6. The van der Waals surface area contributed by atoms with Crippen molar-refractivity contribution in [2.75, 3.05) is 0 Å². The lowest BCUT2D eigenvalue weighted by molar-refractivity contribution is 1.22. The zero-order valence-corrected chi connectivity index (χ0v) is 37.7. The molecule has 0 amide bonds. The number of nitrogens with zero attached hydrogens (tertiary/aromatic N) is 8. The molecule has 70 heavy (non-hydrogen) atoms. The van der Waals surface area contributed by atoms with Gasteiger partial charge >= 0.3 is 0 Å². The lowest BCUT2D eigenvalue weighted by Crippen LogP contribution is -1.99. The van der Waals surface area contributed by atoms with E-state index >= 15 is 0 Å². The molecule has 0 radical (unpaired) electrons. The summed E-state index contributed by atoms with van der Waals surface area (Å²) in [7, 11) is 0. The Hall–Kier alpha value is -9.66. The van der Waals surface area contributed by atoms with Crippen molar-refractivity contribution >= 4 is 11.0 Å². The summed E-state index contributed by atoms with van der Waals surface area (Å²) in [4.78, 5) is 39.7. The third-order valence-electron chi connectivity index (χ3n) is 12.3. The zero-order chi connectivity index (χ0) is 46.6. The van der Waals surface area contributed by atoms with Gasteiger partial charge in [-0.2, -0.15) is 0 Å². The lowest BCUT2D eigenvalue weighted by atomic mass is 9.93. The van der Waals surface area contributed by atoms with E-state index in [9.17, 15) is 0 Å². The number of rotatable bonds is 10. The normalized spacial score (nSPS) is 11.1. The van der Waals surface area contributed by atoms with E-state index in [0.717, 1.165) is 124 Å². The van der Waals surface area contributed by atoms with Crippen LogP contribution in [0.4, 0.5) is 0 Å². The fraction of sp³-hybridized carbons (Fsp3) is 0. The molecule has 0 bridgehead atoms. The summed E-state index contributed by atoms with van der Waals surface area (Å²) >= 11 is 0. The van der Waals surface area contributed by atoms with Gasteiger partial charge in [0.05, 0.1) is 68.0 Å². The van der Waals surface area contributed by atoms with E-state index < -0.39 is 0 Å². The highest BCUT2D eigenvalue weighted by Crippen LogP contribution is 2.40. The first-order chi connectivity index (χ1) is 34.7. The third-order valence-corrected chi connectivity index (χ3v) is 12.3. The molecule has 328 valence electrons. The highest BCUT2D eigenvalue weighted by Gasteiger charge is 2.20. The predicted molar refractivity (Wildman–Crippen MR) is 281 cm³/mol. The molecule has 0 spiro atoms. The molecule has 0 aliphatic rings. The Bertz CT molecular complexity index is 3400. The number of benzene rings is 5. The Labute approximate surface area is 404 Å². The van der Waals surface area contributed by atoms with Crippen LogP contribution in [0, 0.1) is 0 Å². The van der Waals surface area contributed by atoms with Gasteiger partial charge in [-0.25, -0.2) is 19.9 Å². The topological polar surface area (TPSA) is 103 Å². The maximum absolute atomic E-state index is 5.59. The molecular formula is C62H40N8. The smallest absolute Gasteiger partial charge is 0.0979 e. The highest BCUT2D eigenvalue weighted by molar-refractivity contribution is 6.03. The molecule has 0 aliphatic heterocycles. The summed E-state index contributed by atoms with van der Waals surface area (Å²) in [5, 5.41) is 0. The number of pyridine rings is 6. The SMILES string of the molecule is c1ccc(-c2nc3c(-c4ccc(-c5cc(-c6ccccn6)nc(-c6ccccn6)c5)cc4)ccc(-c4ccc(-c5cc(-c6ccccn6)nc(-c6ccccn6)c5)cc4)c3nc2-c2ccccc2)cc1. The van der Waals surface area contributed by atoms with E-state index in [4.69, 9.17) is 19.9 Å². The Morgan fingerprint density at radius 2 is 0.500 bits per heavy atom. The number of hydrogen-bond donors (Lipinski definition) is 0. The van der Waals surface area contributed by atoms with Gasteiger partial charge in [-0.05, 0) is 106 Å². The molecule has 12 aromatic rings. The molecule has 5 aromatic carbocycles. The van der Waals surface area contributed by atoms with Crippen LogP contribution < -0.4 is 0 Å². The third kappa shape index (κ3) is 8.37. The van der Waals surface area contributed by atoms with Crippen LogP contribution in [0.1, 0.15) is 0 Å². The van der Waals surface area contributed by atoms with Gasteiger partial charge in [0, 0.05) is 47.0 Å². The quantitative estimate of drug-likeness (QED) is 0.134. The first-order valence-corrected chi connectivity index (χ1v) is 23.1. The summed E-state index contributed by atoms with van der Waals surface area (Å²) in [6.07, 6.45) is 7.17. The van der Waals surface area contributed by atoms with E-state index in [2.05, 4.69) is 129 Å². The van der Waals surface area contributed by atoms with Crippen molar-refractivity contribution in [2.24, 2.45) is 0 Å². The Morgan fingerprint density at radius 1 is 0.200 bits per heavy atom. The lowest BCUT2D eigenvalue weighted by Gasteiger charge is -2.16. The number of hydrogen-bond acceptors (Lipinski definition) is 8. The van der Waals surface area contributed by atoms with Gasteiger partial charge in [0.25, 0.3) is 0 Å². The molecule has 0 atom stereocenters. The van der Waals surface area contributed by atoms with Crippen molar-refractivity contribution in [3.63, 3.8) is 0 Å². The Balaban J connectivity index is 0.990. The van der Waals surface area contributed by atoms with E-state index in [1.165, 1.54) is 0 Å². The molecule has 8 heteroatoms. The van der Waals surface area contributed by atoms with Crippen LogP contribution in [0.3, 0.4) is 0 Å². The van der Waals surface area contributed by atoms with Gasteiger partial charge < -0.3 is 0 Å². The highest BCUT2D eigenvalue weighted by atomic mass is 14.8. The second-order valence-electron chi connectivity index (χ2n) is 16.8. The van der Waals surface area contributed by atoms with Crippen molar-refractivity contribution in [1.29, 1.82) is 0 Å². The van der Waals surface area contributed by atoms with Crippen LogP contribution in [0.15, 0.2) is 243 Å². The van der Waals surface area contributed by atoms with Crippen LogP contribution in [0.25, 0.3) is 124 Å². The van der Waals surface area contributed by atoms with E-state index in [1.807, 2.05) is 109 Å². The minimum atomic E-state index is 0.777. The summed E-state index contributed by atoms with van der Waals surface area (Å²) in [5.41, 5.74) is 19.6. The standard InChI is InChI=1S/C62H40N8/c1-3-15-45(16-4-1)59-60(46-17-5-2-6-18-46)70-62-50(44-29-25-42(26-30-44)48-39-57(53-21-9-13-35-65-53)68-58(40-48)54-22-10-14-36-66-54)32-31-49(61(62)69-59)43-27-23-41(24-28-43)47-37-55(51-19-7-11-33-63-51)67-56(38-47)52-20-8-12-34-64-52/h1-40H. The molecule has 0 unspecified atom stereocenters. The van der Waals surface area contributed by atoms with E-state index in [1.54, 1.807) is 24.8 Å². The monoisotopic (exact) mass is 896 g/mol. The molecule has 8 nitrogen and oxygen atoms in total. The Morgan fingerprint density at radius 3 is 0.800 bits per heavy atom. The molecule has 0 fully saturated rings. The van der Waals surface area contributed by atoms with Crippen molar-refractivity contribution in [2.45, 2.75) is 0 Å². The van der Waals surface area contributed by atoms with E-state index in [0.29, 0.717) is 0 Å². The molecule has 0 saturated heterocycles. The molecule has 12 rings (SSSR count).